The molecule has 5 heteroatoms. The van der Waals surface area contributed by atoms with Gasteiger partial charge in [-0.3, -0.25) is 4.79 Å². The summed E-state index contributed by atoms with van der Waals surface area (Å²) in [5, 5.41) is 14.5. The molecule has 78 valence electrons. The van der Waals surface area contributed by atoms with E-state index in [1.54, 1.807) is 6.20 Å². The van der Waals surface area contributed by atoms with E-state index in [-0.39, 0.29) is 12.5 Å². The minimum atomic E-state index is -0.771. The zero-order valence-corrected chi connectivity index (χ0v) is 8.88. The van der Waals surface area contributed by atoms with Gasteiger partial charge in [0.1, 0.15) is 0 Å². The van der Waals surface area contributed by atoms with Crippen LogP contribution in [0.1, 0.15) is 26.2 Å². The highest BCUT2D eigenvalue weighted by atomic mass is 32.1. The van der Waals surface area contributed by atoms with Crippen molar-refractivity contribution in [3.05, 3.63) is 11.6 Å². The number of aliphatic carboxylic acids is 1. The van der Waals surface area contributed by atoms with Gasteiger partial charge in [-0.15, -0.1) is 11.3 Å². The number of nitrogens with zero attached hydrogens (tertiary/aromatic N) is 1. The highest BCUT2D eigenvalue weighted by Gasteiger charge is 2.12. The zero-order valence-electron chi connectivity index (χ0n) is 8.06. The number of hydrogen-bond acceptors (Lipinski definition) is 4. The van der Waals surface area contributed by atoms with Crippen LogP contribution in [0.25, 0.3) is 0 Å². The molecule has 0 amide bonds. The number of thiazole rings is 1. The van der Waals surface area contributed by atoms with E-state index < -0.39 is 5.97 Å². The lowest BCUT2D eigenvalue weighted by molar-refractivity contribution is -0.137. The maximum Gasteiger partial charge on any atom is 0.305 e. The summed E-state index contributed by atoms with van der Waals surface area (Å²) < 4.78 is 0. The Kier molecular flexibility index (Phi) is 4.39. The van der Waals surface area contributed by atoms with Crippen LogP contribution in [0.15, 0.2) is 11.6 Å². The van der Waals surface area contributed by atoms with Gasteiger partial charge in [-0.1, -0.05) is 13.3 Å². The fourth-order valence-corrected chi connectivity index (χ4v) is 1.86. The lowest BCUT2D eigenvalue weighted by Crippen LogP contribution is -2.22. The van der Waals surface area contributed by atoms with E-state index in [0.717, 1.165) is 18.0 Å². The molecule has 14 heavy (non-hydrogen) atoms. The maximum absolute atomic E-state index is 10.6. The Hall–Kier alpha value is -1.10. The molecular formula is C9H14N2O2S. The molecule has 2 N–H and O–H groups in total. The molecule has 1 aromatic heterocycles. The second kappa shape index (κ2) is 5.59. The van der Waals surface area contributed by atoms with Crippen LogP contribution in [0.3, 0.4) is 0 Å². The number of carbonyl (C=O) groups is 1. The molecule has 0 aliphatic carbocycles. The molecule has 1 aromatic rings. The molecule has 1 unspecified atom stereocenters. The van der Waals surface area contributed by atoms with Gasteiger partial charge in [0.2, 0.25) is 0 Å². The molecule has 0 fully saturated rings. The standard InChI is InChI=1S/C9H14N2O2S/c1-2-3-7(6-8(12)13)11-9-10-4-5-14-9/h4-5,7H,2-3,6H2,1H3,(H,10,11)(H,12,13). The van der Waals surface area contributed by atoms with E-state index in [2.05, 4.69) is 10.3 Å². The average molecular weight is 214 g/mol. The molecule has 4 nitrogen and oxygen atoms in total. The van der Waals surface area contributed by atoms with Crippen molar-refractivity contribution in [2.24, 2.45) is 0 Å². The normalized spacial score (nSPS) is 12.4. The van der Waals surface area contributed by atoms with Gasteiger partial charge in [0.05, 0.1) is 6.42 Å². The van der Waals surface area contributed by atoms with Crippen LogP contribution in [-0.2, 0) is 4.79 Å². The van der Waals surface area contributed by atoms with Crippen LogP contribution < -0.4 is 5.32 Å². The van der Waals surface area contributed by atoms with Crippen LogP contribution in [0.4, 0.5) is 5.13 Å². The first-order chi connectivity index (χ1) is 6.72. The number of hydrogen-bond donors (Lipinski definition) is 2. The summed E-state index contributed by atoms with van der Waals surface area (Å²) in [5.41, 5.74) is 0. The van der Waals surface area contributed by atoms with Crippen molar-refractivity contribution in [2.45, 2.75) is 32.2 Å². The average Bonchev–Trinajstić information content (AvgIpc) is 2.56. The highest BCUT2D eigenvalue weighted by Crippen LogP contribution is 2.15. The van der Waals surface area contributed by atoms with E-state index in [4.69, 9.17) is 5.11 Å². The first-order valence-corrected chi connectivity index (χ1v) is 5.48. The van der Waals surface area contributed by atoms with Gasteiger partial charge in [0.25, 0.3) is 0 Å². The van der Waals surface area contributed by atoms with E-state index in [0.29, 0.717) is 0 Å². The monoisotopic (exact) mass is 214 g/mol. The topological polar surface area (TPSA) is 62.2 Å². The molecule has 0 aliphatic rings. The molecule has 0 bridgehead atoms. The first-order valence-electron chi connectivity index (χ1n) is 4.60. The lowest BCUT2D eigenvalue weighted by atomic mass is 10.1. The van der Waals surface area contributed by atoms with Gasteiger partial charge >= 0.3 is 5.97 Å². The number of carboxylic acid groups (broad SMARTS) is 1. The van der Waals surface area contributed by atoms with Gasteiger partial charge in [-0.05, 0) is 6.42 Å². The quantitative estimate of drug-likeness (QED) is 0.762. The molecule has 0 radical (unpaired) electrons. The van der Waals surface area contributed by atoms with E-state index in [1.165, 1.54) is 11.3 Å². The number of carboxylic acids is 1. The number of anilines is 1. The Morgan fingerprint density at radius 2 is 2.57 bits per heavy atom. The van der Waals surface area contributed by atoms with Crippen molar-refractivity contribution >= 4 is 22.4 Å². The van der Waals surface area contributed by atoms with Gasteiger partial charge in [-0.25, -0.2) is 4.98 Å². The Labute approximate surface area is 87.0 Å². The lowest BCUT2D eigenvalue weighted by Gasteiger charge is -2.14. The molecule has 0 saturated heterocycles. The highest BCUT2D eigenvalue weighted by molar-refractivity contribution is 7.13. The minimum Gasteiger partial charge on any atom is -0.481 e. The summed E-state index contributed by atoms with van der Waals surface area (Å²) in [6.07, 6.45) is 3.67. The number of nitrogens with one attached hydrogen (secondary N) is 1. The van der Waals surface area contributed by atoms with Crippen molar-refractivity contribution < 1.29 is 9.90 Å². The fraction of sp³-hybridized carbons (Fsp3) is 0.556. The number of rotatable bonds is 6. The summed E-state index contributed by atoms with van der Waals surface area (Å²) in [7, 11) is 0. The van der Waals surface area contributed by atoms with Gasteiger partial charge in [0, 0.05) is 17.6 Å². The van der Waals surface area contributed by atoms with Crippen LogP contribution in [0.2, 0.25) is 0 Å². The molecule has 0 aromatic carbocycles. The van der Waals surface area contributed by atoms with Crippen molar-refractivity contribution in [1.82, 2.24) is 4.98 Å². The maximum atomic E-state index is 10.6. The van der Waals surface area contributed by atoms with Gasteiger partial charge in [-0.2, -0.15) is 0 Å². The Morgan fingerprint density at radius 3 is 3.07 bits per heavy atom. The van der Waals surface area contributed by atoms with Crippen LogP contribution in [0.5, 0.6) is 0 Å². The van der Waals surface area contributed by atoms with Crippen LogP contribution >= 0.6 is 11.3 Å². The van der Waals surface area contributed by atoms with Gasteiger partial charge in [0.15, 0.2) is 5.13 Å². The SMILES string of the molecule is CCCC(CC(=O)O)Nc1nccs1. The summed E-state index contributed by atoms with van der Waals surface area (Å²) in [6.45, 7) is 2.04. The molecule has 0 spiro atoms. The largest absolute Gasteiger partial charge is 0.481 e. The second-order valence-corrected chi connectivity index (χ2v) is 3.96. The molecule has 0 saturated carbocycles. The van der Waals surface area contributed by atoms with Crippen LogP contribution in [0, 0.1) is 0 Å². The predicted molar refractivity (Wildman–Crippen MR) is 56.7 cm³/mol. The third kappa shape index (κ3) is 3.74. The fourth-order valence-electron chi connectivity index (χ4n) is 1.25. The smallest absolute Gasteiger partial charge is 0.305 e. The molecule has 0 aliphatic heterocycles. The minimum absolute atomic E-state index is 0.0105. The Morgan fingerprint density at radius 1 is 1.79 bits per heavy atom. The van der Waals surface area contributed by atoms with E-state index in [9.17, 15) is 4.79 Å². The zero-order chi connectivity index (χ0) is 10.4. The predicted octanol–water partition coefficient (Wildman–Crippen LogP) is 2.20. The van der Waals surface area contributed by atoms with Crippen molar-refractivity contribution in [2.75, 3.05) is 5.32 Å². The van der Waals surface area contributed by atoms with Gasteiger partial charge < -0.3 is 10.4 Å². The summed E-state index contributed by atoms with van der Waals surface area (Å²) >= 11 is 1.49. The summed E-state index contributed by atoms with van der Waals surface area (Å²) in [4.78, 5) is 14.6. The second-order valence-electron chi connectivity index (χ2n) is 3.07. The van der Waals surface area contributed by atoms with Crippen molar-refractivity contribution in [3.63, 3.8) is 0 Å². The van der Waals surface area contributed by atoms with Crippen LogP contribution in [-0.4, -0.2) is 22.1 Å². The molecule has 1 heterocycles. The van der Waals surface area contributed by atoms with E-state index in [1.807, 2.05) is 12.3 Å². The Balaban J connectivity index is 2.46. The van der Waals surface area contributed by atoms with Crippen molar-refractivity contribution in [3.8, 4) is 0 Å². The molecule has 1 rings (SSSR count). The number of aromatic nitrogens is 1. The Bertz CT molecular complexity index is 274. The third-order valence-electron chi connectivity index (χ3n) is 1.82. The summed E-state index contributed by atoms with van der Waals surface area (Å²) in [6, 6.07) is -0.0105. The molecular weight excluding hydrogens is 200 g/mol. The molecule has 1 atom stereocenters. The third-order valence-corrected chi connectivity index (χ3v) is 2.52. The summed E-state index contributed by atoms with van der Waals surface area (Å²) in [5.74, 6) is -0.771. The van der Waals surface area contributed by atoms with Crippen molar-refractivity contribution in [1.29, 1.82) is 0 Å². The first kappa shape index (κ1) is 11.0. The van der Waals surface area contributed by atoms with E-state index >= 15 is 0 Å².